The zero-order chi connectivity index (χ0) is 37.9. The van der Waals surface area contributed by atoms with Gasteiger partial charge in [-0.2, -0.15) is 0 Å². The van der Waals surface area contributed by atoms with Crippen LogP contribution in [0.4, 0.5) is 0 Å². The lowest BCUT2D eigenvalue weighted by Crippen LogP contribution is -2.28. The molecule has 8 aromatic carbocycles. The van der Waals surface area contributed by atoms with Crippen molar-refractivity contribution in [2.45, 2.75) is 19.6 Å². The van der Waals surface area contributed by atoms with Gasteiger partial charge in [0.2, 0.25) is 18.5 Å². The predicted molar refractivity (Wildman–Crippen MR) is 246 cm³/mol. The maximum absolute atomic E-state index is 6.29. The molecule has 0 aliphatic carbocycles. The lowest BCUT2D eigenvalue weighted by molar-refractivity contribution is 1.36. The summed E-state index contributed by atoms with van der Waals surface area (Å²) in [4.78, 5) is 4.89. The van der Waals surface area contributed by atoms with Crippen molar-refractivity contribution in [1.82, 2.24) is 0 Å². The van der Waals surface area contributed by atoms with E-state index in [9.17, 15) is 0 Å². The summed E-state index contributed by atoms with van der Waals surface area (Å²) in [5.41, 5.74) is 0. The number of rotatable bonds is 13. The SMILES string of the molecule is c1ccc(S(=N[P+](CCP(=N[S+](c2ccccc2)c2ccccc2)(c2ccccc2)c2ccccc2)(c2ccccc2)c2ccccc2)c2ccccc2)cc1. The number of benzene rings is 8. The summed E-state index contributed by atoms with van der Waals surface area (Å²) < 4.78 is 12.6. The lowest BCUT2D eigenvalue weighted by atomic mass is 10.4. The van der Waals surface area contributed by atoms with Gasteiger partial charge in [0.25, 0.3) is 0 Å². The van der Waals surface area contributed by atoms with Crippen molar-refractivity contribution in [2.24, 2.45) is 8.28 Å². The molecule has 0 aromatic heterocycles. The number of nitrogens with zero attached hydrogens (tertiary/aromatic N) is 2. The molecule has 0 saturated carbocycles. The Kier molecular flexibility index (Phi) is 12.3. The highest BCUT2D eigenvalue weighted by atomic mass is 32.2. The Labute approximate surface area is 338 Å². The minimum atomic E-state index is -2.50. The van der Waals surface area contributed by atoms with Gasteiger partial charge in [-0.05, 0) is 72.8 Å². The van der Waals surface area contributed by atoms with E-state index in [-0.39, 0.29) is 0 Å². The second kappa shape index (κ2) is 18.2. The summed E-state index contributed by atoms with van der Waals surface area (Å²) >= 11 is -0.551. The third kappa shape index (κ3) is 8.36. The van der Waals surface area contributed by atoms with Gasteiger partial charge in [-0.25, -0.2) is 0 Å². The first-order valence-corrected chi connectivity index (χ1v) is 25.1. The molecular formula is C50H44N2P2S2+2. The van der Waals surface area contributed by atoms with Crippen LogP contribution in [0.5, 0.6) is 0 Å². The Hall–Kier alpha value is -5.08. The van der Waals surface area contributed by atoms with Crippen LogP contribution in [0.2, 0.25) is 0 Å². The van der Waals surface area contributed by atoms with Crippen molar-refractivity contribution in [1.29, 1.82) is 0 Å². The third-order valence-corrected chi connectivity index (χ3v) is 22.9. The first-order valence-electron chi connectivity index (χ1n) is 18.9. The summed E-state index contributed by atoms with van der Waals surface area (Å²) in [5, 5.41) is 5.17. The molecule has 0 spiro atoms. The Morgan fingerprint density at radius 2 is 0.714 bits per heavy atom. The van der Waals surface area contributed by atoms with E-state index in [2.05, 4.69) is 243 Å². The van der Waals surface area contributed by atoms with Crippen LogP contribution >= 0.6 is 14.5 Å². The van der Waals surface area contributed by atoms with Crippen molar-refractivity contribution >= 4 is 57.5 Å². The molecule has 6 heteroatoms. The maximum atomic E-state index is 6.29. The highest BCUT2D eigenvalue weighted by Gasteiger charge is 2.47. The number of hydrogen-bond acceptors (Lipinski definition) is 2. The molecule has 8 rings (SSSR count). The van der Waals surface area contributed by atoms with Crippen molar-refractivity contribution in [3.8, 4) is 0 Å². The molecule has 0 radical (unpaired) electrons. The van der Waals surface area contributed by atoms with Crippen LogP contribution < -0.4 is 21.2 Å². The van der Waals surface area contributed by atoms with E-state index < -0.39 is 36.2 Å². The molecule has 0 saturated heterocycles. The fourth-order valence-corrected chi connectivity index (χ4v) is 21.7. The fraction of sp³-hybridized carbons (Fsp3) is 0.0400. The molecular weight excluding hydrogens is 755 g/mol. The molecule has 56 heavy (non-hydrogen) atoms. The van der Waals surface area contributed by atoms with Gasteiger partial charge in [0.1, 0.15) is 10.6 Å². The second-order valence-electron chi connectivity index (χ2n) is 13.3. The molecule has 0 amide bonds. The van der Waals surface area contributed by atoms with Crippen LogP contribution in [0.25, 0.3) is 0 Å². The topological polar surface area (TPSA) is 24.7 Å². The zero-order valence-corrected chi connectivity index (χ0v) is 34.5. The Balaban J connectivity index is 1.44. The van der Waals surface area contributed by atoms with Gasteiger partial charge >= 0.3 is 0 Å². The normalized spacial score (nSPS) is 11.7. The molecule has 0 heterocycles. The van der Waals surface area contributed by atoms with Gasteiger partial charge in [0.15, 0.2) is 9.79 Å². The molecule has 0 atom stereocenters. The van der Waals surface area contributed by atoms with Gasteiger partial charge in [-0.3, -0.25) is 0 Å². The van der Waals surface area contributed by atoms with Crippen molar-refractivity contribution < 1.29 is 0 Å². The highest BCUT2D eigenvalue weighted by Crippen LogP contribution is 2.63. The van der Waals surface area contributed by atoms with E-state index in [1.165, 1.54) is 40.8 Å². The Morgan fingerprint density at radius 1 is 0.393 bits per heavy atom. The highest BCUT2D eigenvalue weighted by molar-refractivity contribution is 8.02. The molecule has 0 N–H and O–H groups in total. The van der Waals surface area contributed by atoms with Crippen LogP contribution in [0.1, 0.15) is 0 Å². The van der Waals surface area contributed by atoms with Gasteiger partial charge in [0, 0.05) is 37.3 Å². The summed E-state index contributed by atoms with van der Waals surface area (Å²) in [6.45, 7) is 0. The van der Waals surface area contributed by atoms with Gasteiger partial charge in [-0.15, -0.1) is 0 Å². The number of hydrogen-bond donors (Lipinski definition) is 0. The predicted octanol–water partition coefficient (Wildman–Crippen LogP) is 12.0. The van der Waals surface area contributed by atoms with E-state index in [1.54, 1.807) is 0 Å². The Bertz CT molecular complexity index is 2340. The maximum Gasteiger partial charge on any atom is 0.206 e. The lowest BCUT2D eigenvalue weighted by Gasteiger charge is -2.28. The van der Waals surface area contributed by atoms with Crippen LogP contribution in [0.15, 0.2) is 271 Å². The van der Waals surface area contributed by atoms with Crippen LogP contribution in [-0.2, 0) is 21.8 Å². The molecule has 8 aromatic rings. The van der Waals surface area contributed by atoms with Gasteiger partial charge < -0.3 is 0 Å². The molecule has 274 valence electrons. The zero-order valence-electron chi connectivity index (χ0n) is 31.1. The van der Waals surface area contributed by atoms with Crippen molar-refractivity contribution in [3.05, 3.63) is 243 Å². The smallest absolute Gasteiger partial charge is 0.0873 e. The monoisotopic (exact) mass is 798 g/mol. The summed E-state index contributed by atoms with van der Waals surface area (Å²) in [6.07, 6.45) is 1.71. The average molecular weight is 799 g/mol. The van der Waals surface area contributed by atoms with E-state index >= 15 is 0 Å². The third-order valence-electron chi connectivity index (χ3n) is 9.79. The Morgan fingerprint density at radius 3 is 1.09 bits per heavy atom. The van der Waals surface area contributed by atoms with Gasteiger partial charge in [-0.1, -0.05) is 178 Å². The first kappa shape index (κ1) is 37.8. The van der Waals surface area contributed by atoms with E-state index in [4.69, 9.17) is 8.28 Å². The van der Waals surface area contributed by atoms with Crippen LogP contribution in [0.3, 0.4) is 0 Å². The minimum Gasteiger partial charge on any atom is -0.0873 e. The standard InChI is InChI=1S/C50H44N2P2S2/c1-9-25-43(26-10-1)53(44-27-11-2-12-28-44,51-55(47-33-17-5-18-34-47)48-35-19-6-20-36-48)41-42-54(45-29-13-3-14-30-45,46-31-15-4-16-32-46)52-56(49-37-21-7-22-38-49)50-39-23-8-24-40-50/h1-40H,41-42H2/q+2. The summed E-state index contributed by atoms with van der Waals surface area (Å²) in [6, 6.07) is 88.1. The summed E-state index contributed by atoms with van der Waals surface area (Å²) in [5.74, 6) is 0. The molecule has 0 bridgehead atoms. The molecule has 0 fully saturated rings. The fourth-order valence-electron chi connectivity index (χ4n) is 7.01. The molecule has 0 aliphatic rings. The van der Waals surface area contributed by atoms with Crippen LogP contribution in [0, 0.1) is 0 Å². The second-order valence-corrected chi connectivity index (χ2v) is 23.7. The van der Waals surface area contributed by atoms with Crippen LogP contribution in [-0.4, -0.2) is 12.3 Å². The molecule has 0 unspecified atom stereocenters. The summed E-state index contributed by atoms with van der Waals surface area (Å²) in [7, 11) is -5.56. The quantitative estimate of drug-likeness (QED) is 0.0820. The molecule has 0 aliphatic heterocycles. The average Bonchev–Trinajstić information content (AvgIpc) is 3.30. The minimum absolute atomic E-state index is 0.551. The first-order chi connectivity index (χ1) is 27.8. The van der Waals surface area contributed by atoms with Crippen molar-refractivity contribution in [3.63, 3.8) is 0 Å². The van der Waals surface area contributed by atoms with E-state index in [1.807, 2.05) is 0 Å². The van der Waals surface area contributed by atoms with E-state index in [0.29, 0.717) is 0 Å². The largest absolute Gasteiger partial charge is 0.206 e. The van der Waals surface area contributed by atoms with Gasteiger partial charge in [0.05, 0.1) is 13.2 Å². The molecule has 2 nitrogen and oxygen atoms in total. The van der Waals surface area contributed by atoms with Crippen molar-refractivity contribution in [2.75, 3.05) is 12.3 Å². The van der Waals surface area contributed by atoms with E-state index in [0.717, 1.165) is 12.3 Å².